The van der Waals surface area contributed by atoms with Gasteiger partial charge in [-0.15, -0.1) is 0 Å². The van der Waals surface area contributed by atoms with Gasteiger partial charge in [0.25, 0.3) is 5.91 Å². The first-order valence-electron chi connectivity index (χ1n) is 9.12. The number of benzene rings is 1. The third-order valence-corrected chi connectivity index (χ3v) is 4.58. The van der Waals surface area contributed by atoms with E-state index in [1.807, 2.05) is 72.3 Å². The molecule has 0 aliphatic heterocycles. The quantitative estimate of drug-likeness (QED) is 0.631. The highest BCUT2D eigenvalue weighted by molar-refractivity contribution is 5.93. The number of nitrogens with zero attached hydrogens (tertiary/aromatic N) is 5. The highest BCUT2D eigenvalue weighted by Gasteiger charge is 2.12. The summed E-state index contributed by atoms with van der Waals surface area (Å²) >= 11 is 0. The van der Waals surface area contributed by atoms with E-state index in [0.717, 1.165) is 22.8 Å². The fourth-order valence-electron chi connectivity index (χ4n) is 2.79. The van der Waals surface area contributed by atoms with E-state index in [4.69, 9.17) is 4.74 Å². The Kier molecular flexibility index (Phi) is 5.93. The summed E-state index contributed by atoms with van der Waals surface area (Å²) in [5.41, 5.74) is 2.58. The van der Waals surface area contributed by atoms with Crippen LogP contribution in [0, 0.1) is 0 Å². The first kappa shape index (κ1) is 19.4. The van der Waals surface area contributed by atoms with Gasteiger partial charge in [0.1, 0.15) is 11.6 Å². The molecule has 0 radical (unpaired) electrons. The minimum atomic E-state index is -0.0243. The Hall–Kier alpha value is -3.35. The molecule has 0 atom stereocenters. The molecule has 0 aliphatic rings. The van der Waals surface area contributed by atoms with Crippen molar-refractivity contribution in [1.29, 1.82) is 0 Å². The Morgan fingerprint density at radius 3 is 2.68 bits per heavy atom. The van der Waals surface area contributed by atoms with Crippen LogP contribution in [0.5, 0.6) is 5.75 Å². The van der Waals surface area contributed by atoms with Crippen molar-refractivity contribution in [3.05, 3.63) is 66.1 Å². The molecule has 2 aromatic heterocycles. The van der Waals surface area contributed by atoms with Gasteiger partial charge in [-0.2, -0.15) is 5.10 Å². The van der Waals surface area contributed by atoms with Crippen LogP contribution in [0.15, 0.2) is 55.0 Å². The molecule has 1 aromatic carbocycles. The van der Waals surface area contributed by atoms with Crippen molar-refractivity contribution in [3.8, 4) is 11.4 Å². The second kappa shape index (κ2) is 8.56. The number of ether oxygens (including phenoxy) is 1. The smallest absolute Gasteiger partial charge is 0.255 e. The lowest BCUT2D eigenvalue weighted by atomic mass is 10.2. The van der Waals surface area contributed by atoms with Gasteiger partial charge >= 0.3 is 0 Å². The summed E-state index contributed by atoms with van der Waals surface area (Å²) in [5.74, 6) is 1.56. The molecule has 146 valence electrons. The van der Waals surface area contributed by atoms with E-state index in [9.17, 15) is 4.79 Å². The molecule has 0 saturated carbocycles. The normalized spacial score (nSPS) is 10.6. The first-order valence-corrected chi connectivity index (χ1v) is 9.12. The van der Waals surface area contributed by atoms with Gasteiger partial charge in [-0.3, -0.25) is 4.79 Å². The van der Waals surface area contributed by atoms with E-state index in [2.05, 4.69) is 10.1 Å². The number of carbonyl (C=O) groups is 1. The van der Waals surface area contributed by atoms with Gasteiger partial charge in [-0.1, -0.05) is 6.07 Å². The van der Waals surface area contributed by atoms with Crippen molar-refractivity contribution < 1.29 is 9.53 Å². The number of anilines is 1. The van der Waals surface area contributed by atoms with Crippen LogP contribution in [0.3, 0.4) is 0 Å². The van der Waals surface area contributed by atoms with Gasteiger partial charge in [0, 0.05) is 51.2 Å². The Labute approximate surface area is 165 Å². The SMILES string of the molecule is CCN(C)C(=O)c1ccc(N(C)Cc2cnn(-c3cccc(OC)c3)c2)nc1. The monoisotopic (exact) mass is 379 g/mol. The van der Waals surface area contributed by atoms with E-state index in [1.165, 1.54) is 0 Å². The number of hydrogen-bond acceptors (Lipinski definition) is 5. The highest BCUT2D eigenvalue weighted by atomic mass is 16.5. The zero-order chi connectivity index (χ0) is 20.1. The zero-order valence-electron chi connectivity index (χ0n) is 16.7. The minimum Gasteiger partial charge on any atom is -0.497 e. The standard InChI is InChI=1S/C21H25N5O2/c1-5-24(2)21(27)17-9-10-20(22-13-17)25(3)14-16-12-23-26(15-16)18-7-6-8-19(11-18)28-4/h6-13,15H,5,14H2,1-4H3. The molecule has 3 aromatic rings. The number of hydrogen-bond donors (Lipinski definition) is 0. The Bertz CT molecular complexity index is 936. The van der Waals surface area contributed by atoms with Crippen molar-refractivity contribution in [1.82, 2.24) is 19.7 Å². The second-order valence-corrected chi connectivity index (χ2v) is 6.58. The van der Waals surface area contributed by atoms with E-state index >= 15 is 0 Å². The van der Waals surface area contributed by atoms with Crippen molar-refractivity contribution in [2.45, 2.75) is 13.5 Å². The first-order chi connectivity index (χ1) is 13.5. The van der Waals surface area contributed by atoms with Gasteiger partial charge in [0.2, 0.25) is 0 Å². The lowest BCUT2D eigenvalue weighted by Crippen LogP contribution is -2.26. The van der Waals surface area contributed by atoms with Crippen molar-refractivity contribution in [3.63, 3.8) is 0 Å². The van der Waals surface area contributed by atoms with E-state index in [-0.39, 0.29) is 5.91 Å². The predicted molar refractivity (Wildman–Crippen MR) is 109 cm³/mol. The molecular formula is C21H25N5O2. The second-order valence-electron chi connectivity index (χ2n) is 6.58. The number of aromatic nitrogens is 3. The van der Waals surface area contributed by atoms with Crippen LogP contribution < -0.4 is 9.64 Å². The highest BCUT2D eigenvalue weighted by Crippen LogP contribution is 2.18. The van der Waals surface area contributed by atoms with Crippen LogP contribution in [0.25, 0.3) is 5.69 Å². The predicted octanol–water partition coefficient (Wildman–Crippen LogP) is 3.00. The van der Waals surface area contributed by atoms with Gasteiger partial charge in [-0.25, -0.2) is 9.67 Å². The molecule has 0 unspecified atom stereocenters. The molecule has 0 bridgehead atoms. The molecule has 0 fully saturated rings. The summed E-state index contributed by atoms with van der Waals surface area (Å²) in [6.45, 7) is 3.26. The van der Waals surface area contributed by atoms with Gasteiger partial charge in [-0.05, 0) is 31.2 Å². The maximum atomic E-state index is 12.2. The molecule has 0 saturated heterocycles. The largest absolute Gasteiger partial charge is 0.497 e. The van der Waals surface area contributed by atoms with Crippen LogP contribution in [-0.4, -0.2) is 53.3 Å². The molecule has 7 nitrogen and oxygen atoms in total. The average Bonchev–Trinajstić information content (AvgIpc) is 3.21. The topological polar surface area (TPSA) is 63.5 Å². The maximum absolute atomic E-state index is 12.2. The summed E-state index contributed by atoms with van der Waals surface area (Å²) in [7, 11) is 5.39. The number of amides is 1. The summed E-state index contributed by atoms with van der Waals surface area (Å²) in [6.07, 6.45) is 5.45. The molecule has 1 amide bonds. The molecule has 2 heterocycles. The van der Waals surface area contributed by atoms with Crippen molar-refractivity contribution >= 4 is 11.7 Å². The molecule has 7 heteroatoms. The molecule has 0 aliphatic carbocycles. The van der Waals surface area contributed by atoms with Gasteiger partial charge < -0.3 is 14.5 Å². The van der Waals surface area contributed by atoms with E-state index in [1.54, 1.807) is 25.3 Å². The summed E-state index contributed by atoms with van der Waals surface area (Å²) < 4.78 is 7.09. The number of methoxy groups -OCH3 is 1. The summed E-state index contributed by atoms with van der Waals surface area (Å²) in [4.78, 5) is 20.3. The zero-order valence-corrected chi connectivity index (χ0v) is 16.7. The summed E-state index contributed by atoms with van der Waals surface area (Å²) in [6, 6.07) is 11.4. The average molecular weight is 379 g/mol. The van der Waals surface area contributed by atoms with Crippen LogP contribution in [0.2, 0.25) is 0 Å². The van der Waals surface area contributed by atoms with Crippen molar-refractivity contribution in [2.75, 3.05) is 32.6 Å². The Morgan fingerprint density at radius 1 is 1.18 bits per heavy atom. The van der Waals surface area contributed by atoms with Gasteiger partial charge in [0.15, 0.2) is 0 Å². The summed E-state index contributed by atoms with van der Waals surface area (Å²) in [5, 5.41) is 4.44. The number of pyridine rings is 1. The van der Waals surface area contributed by atoms with Crippen LogP contribution in [0.1, 0.15) is 22.8 Å². The van der Waals surface area contributed by atoms with Crippen LogP contribution in [0.4, 0.5) is 5.82 Å². The van der Waals surface area contributed by atoms with Gasteiger partial charge in [0.05, 0.1) is 24.6 Å². The third kappa shape index (κ3) is 4.31. The minimum absolute atomic E-state index is 0.0243. The molecule has 0 spiro atoms. The van der Waals surface area contributed by atoms with Crippen molar-refractivity contribution in [2.24, 2.45) is 0 Å². The number of carbonyl (C=O) groups excluding carboxylic acids is 1. The Morgan fingerprint density at radius 2 is 2.00 bits per heavy atom. The maximum Gasteiger partial charge on any atom is 0.255 e. The van der Waals surface area contributed by atoms with E-state index in [0.29, 0.717) is 18.7 Å². The van der Waals surface area contributed by atoms with Crippen LogP contribution >= 0.6 is 0 Å². The lowest BCUT2D eigenvalue weighted by molar-refractivity contribution is 0.0802. The fourth-order valence-corrected chi connectivity index (χ4v) is 2.79. The molecule has 3 rings (SSSR count). The molecule has 0 N–H and O–H groups in total. The fraction of sp³-hybridized carbons (Fsp3) is 0.286. The third-order valence-electron chi connectivity index (χ3n) is 4.58. The Balaban J connectivity index is 1.69. The molecule has 28 heavy (non-hydrogen) atoms. The number of rotatable bonds is 7. The lowest BCUT2D eigenvalue weighted by Gasteiger charge is -2.18. The molecular weight excluding hydrogens is 354 g/mol. The van der Waals surface area contributed by atoms with E-state index < -0.39 is 0 Å². The van der Waals surface area contributed by atoms with Crippen LogP contribution in [-0.2, 0) is 6.54 Å².